The molecule has 0 aliphatic carbocycles. The summed E-state index contributed by atoms with van der Waals surface area (Å²) >= 11 is 7.67. The van der Waals surface area contributed by atoms with Crippen molar-refractivity contribution < 1.29 is 19.1 Å². The minimum absolute atomic E-state index is 0.152. The van der Waals surface area contributed by atoms with Gasteiger partial charge in [0, 0.05) is 23.9 Å². The number of hydrogen-bond donors (Lipinski definition) is 1. The van der Waals surface area contributed by atoms with Gasteiger partial charge in [0.15, 0.2) is 6.29 Å². The van der Waals surface area contributed by atoms with Gasteiger partial charge in [0.2, 0.25) is 5.91 Å². The highest BCUT2D eigenvalue weighted by atomic mass is 35.5. The molecule has 0 saturated carbocycles. The molecule has 2 atom stereocenters. The van der Waals surface area contributed by atoms with Gasteiger partial charge in [-0.25, -0.2) is 9.78 Å². The minimum Gasteiger partial charge on any atom is -0.365 e. The van der Waals surface area contributed by atoms with Crippen LogP contribution in [0.5, 0.6) is 0 Å². The van der Waals surface area contributed by atoms with Crippen molar-refractivity contribution in [3.8, 4) is 0 Å². The summed E-state index contributed by atoms with van der Waals surface area (Å²) in [6.45, 7) is 3.43. The number of aryl methyl sites for hydroxylation is 1. The Morgan fingerprint density at radius 2 is 2.03 bits per heavy atom. The second-order valence-electron chi connectivity index (χ2n) is 9.03. The molecule has 3 aromatic rings. The highest BCUT2D eigenvalue weighted by Gasteiger charge is 2.38. The summed E-state index contributed by atoms with van der Waals surface area (Å²) in [5.74, 6) is -0.229. The zero-order chi connectivity index (χ0) is 25.1. The van der Waals surface area contributed by atoms with Crippen molar-refractivity contribution in [3.05, 3.63) is 58.1 Å². The lowest BCUT2D eigenvalue weighted by Gasteiger charge is -2.41. The Hall–Kier alpha value is -2.72. The number of halogens is 1. The van der Waals surface area contributed by atoms with Gasteiger partial charge in [-0.2, -0.15) is 0 Å². The second-order valence-corrected chi connectivity index (χ2v) is 10.7. The molecule has 0 spiro atoms. The van der Waals surface area contributed by atoms with E-state index in [-0.39, 0.29) is 37.8 Å². The van der Waals surface area contributed by atoms with Gasteiger partial charge in [-0.15, -0.1) is 11.3 Å². The van der Waals surface area contributed by atoms with Crippen molar-refractivity contribution in [2.24, 2.45) is 0 Å². The van der Waals surface area contributed by atoms with E-state index in [4.69, 9.17) is 21.1 Å². The van der Waals surface area contributed by atoms with E-state index in [0.29, 0.717) is 18.2 Å². The van der Waals surface area contributed by atoms with Gasteiger partial charge in [-0.05, 0) is 62.1 Å². The summed E-state index contributed by atoms with van der Waals surface area (Å²) in [7, 11) is 0. The summed E-state index contributed by atoms with van der Waals surface area (Å²) in [5.41, 5.74) is 2.70. The molecule has 1 aromatic heterocycles. The normalized spacial score (nSPS) is 20.8. The number of ether oxygens (including phenoxy) is 2. The summed E-state index contributed by atoms with van der Waals surface area (Å²) in [6, 6.07) is 12.9. The Labute approximate surface area is 219 Å². The standard InChI is InChI=1S/C26H29ClN4O4S/c1-17-28-21-10-9-20(14-22(21)36-17)29-23-15-24(32)30(11-13-35-25-4-2-3-12-34-25)26(33)31(23)16-18-5-7-19(27)8-6-18/h5-10,14,23,25,29H,2-4,11-13,15-16H2,1H3. The van der Waals surface area contributed by atoms with Crippen LogP contribution in [0.15, 0.2) is 42.5 Å². The lowest BCUT2D eigenvalue weighted by Crippen LogP contribution is -2.59. The number of rotatable bonds is 8. The molecule has 0 radical (unpaired) electrons. The molecule has 2 fully saturated rings. The van der Waals surface area contributed by atoms with Gasteiger partial charge in [-0.3, -0.25) is 14.6 Å². The van der Waals surface area contributed by atoms with Crippen molar-refractivity contribution in [1.82, 2.24) is 14.8 Å². The highest BCUT2D eigenvalue weighted by molar-refractivity contribution is 7.18. The number of urea groups is 1. The Morgan fingerprint density at radius 3 is 2.81 bits per heavy atom. The van der Waals surface area contributed by atoms with Crippen LogP contribution in [-0.2, 0) is 20.8 Å². The number of carbonyl (C=O) groups is 2. The Balaban J connectivity index is 1.32. The van der Waals surface area contributed by atoms with E-state index in [1.165, 1.54) is 4.90 Å². The molecule has 190 valence electrons. The first-order valence-electron chi connectivity index (χ1n) is 12.2. The number of benzene rings is 2. The number of thiazole rings is 1. The largest absolute Gasteiger partial charge is 0.365 e. The molecule has 10 heteroatoms. The number of fused-ring (bicyclic) bond motifs is 1. The monoisotopic (exact) mass is 528 g/mol. The van der Waals surface area contributed by atoms with Crippen molar-refractivity contribution in [3.63, 3.8) is 0 Å². The van der Waals surface area contributed by atoms with Crippen molar-refractivity contribution in [2.75, 3.05) is 25.1 Å². The van der Waals surface area contributed by atoms with E-state index >= 15 is 0 Å². The fourth-order valence-corrected chi connectivity index (χ4v) is 5.53. The molecule has 0 bridgehead atoms. The SMILES string of the molecule is Cc1nc2ccc(NC3CC(=O)N(CCOC4CCCCO4)C(=O)N3Cc3ccc(Cl)cc3)cc2s1. The molecule has 2 aromatic carbocycles. The molecule has 3 amide bonds. The smallest absolute Gasteiger partial charge is 0.328 e. The van der Waals surface area contributed by atoms with Crippen molar-refractivity contribution >= 4 is 50.8 Å². The summed E-state index contributed by atoms with van der Waals surface area (Å²) in [4.78, 5) is 34.1. The maximum Gasteiger partial charge on any atom is 0.328 e. The molecule has 2 unspecified atom stereocenters. The average Bonchev–Trinajstić information content (AvgIpc) is 3.24. The maximum atomic E-state index is 13.6. The first-order valence-corrected chi connectivity index (χ1v) is 13.4. The number of amides is 3. The first kappa shape index (κ1) is 25.0. The molecule has 36 heavy (non-hydrogen) atoms. The molecule has 2 saturated heterocycles. The lowest BCUT2D eigenvalue weighted by atomic mass is 10.1. The van der Waals surface area contributed by atoms with E-state index in [9.17, 15) is 9.59 Å². The topological polar surface area (TPSA) is 84.0 Å². The summed E-state index contributed by atoms with van der Waals surface area (Å²) in [6.07, 6.45) is 2.32. The van der Waals surface area contributed by atoms with E-state index in [1.807, 2.05) is 37.3 Å². The lowest BCUT2D eigenvalue weighted by molar-refractivity contribution is -0.165. The van der Waals surface area contributed by atoms with Gasteiger partial charge in [-0.1, -0.05) is 23.7 Å². The Kier molecular flexibility index (Phi) is 7.71. The van der Waals surface area contributed by atoms with Crippen LogP contribution >= 0.6 is 22.9 Å². The molecule has 8 nitrogen and oxygen atoms in total. The molecule has 3 heterocycles. The van der Waals surface area contributed by atoms with Crippen LogP contribution in [0.4, 0.5) is 10.5 Å². The molecular formula is C26H29ClN4O4S. The van der Waals surface area contributed by atoms with Crippen molar-refractivity contribution in [2.45, 2.75) is 51.6 Å². The number of nitrogens with one attached hydrogen (secondary N) is 1. The van der Waals surface area contributed by atoms with E-state index in [1.54, 1.807) is 28.4 Å². The van der Waals surface area contributed by atoms with E-state index in [0.717, 1.165) is 45.7 Å². The van der Waals surface area contributed by atoms with Crippen LogP contribution in [0.2, 0.25) is 5.02 Å². The third kappa shape index (κ3) is 5.81. The molecular weight excluding hydrogens is 500 g/mol. The third-order valence-corrected chi connectivity index (χ3v) is 7.56. The number of nitrogens with zero attached hydrogens (tertiary/aromatic N) is 3. The van der Waals surface area contributed by atoms with Gasteiger partial charge in [0.25, 0.3) is 0 Å². The van der Waals surface area contributed by atoms with Crippen LogP contribution in [-0.4, -0.2) is 58.9 Å². The van der Waals surface area contributed by atoms with Gasteiger partial charge in [0.05, 0.1) is 34.8 Å². The van der Waals surface area contributed by atoms with Crippen LogP contribution in [0, 0.1) is 6.92 Å². The zero-order valence-electron chi connectivity index (χ0n) is 20.1. The molecule has 5 rings (SSSR count). The predicted molar refractivity (Wildman–Crippen MR) is 140 cm³/mol. The van der Waals surface area contributed by atoms with E-state index < -0.39 is 6.17 Å². The van der Waals surface area contributed by atoms with Gasteiger partial charge >= 0.3 is 6.03 Å². The second kappa shape index (κ2) is 11.1. The Morgan fingerprint density at radius 1 is 1.19 bits per heavy atom. The number of carbonyl (C=O) groups excluding carboxylic acids is 2. The fourth-order valence-electron chi connectivity index (χ4n) is 4.53. The maximum absolute atomic E-state index is 13.6. The fraction of sp³-hybridized carbons (Fsp3) is 0.423. The minimum atomic E-state index is -0.494. The van der Waals surface area contributed by atoms with Gasteiger partial charge in [0.1, 0.15) is 6.17 Å². The summed E-state index contributed by atoms with van der Waals surface area (Å²) in [5, 5.41) is 5.03. The van der Waals surface area contributed by atoms with Crippen LogP contribution in [0.25, 0.3) is 10.2 Å². The van der Waals surface area contributed by atoms with Crippen LogP contribution < -0.4 is 5.32 Å². The highest BCUT2D eigenvalue weighted by Crippen LogP contribution is 2.28. The predicted octanol–water partition coefficient (Wildman–Crippen LogP) is 5.39. The first-order chi connectivity index (χ1) is 17.5. The number of imide groups is 1. The number of aromatic nitrogens is 1. The Bertz CT molecular complexity index is 1230. The average molecular weight is 529 g/mol. The van der Waals surface area contributed by atoms with Crippen LogP contribution in [0.3, 0.4) is 0 Å². The number of anilines is 1. The molecule has 1 N–H and O–H groups in total. The third-order valence-electron chi connectivity index (χ3n) is 6.37. The van der Waals surface area contributed by atoms with E-state index in [2.05, 4.69) is 10.3 Å². The van der Waals surface area contributed by atoms with Crippen LogP contribution in [0.1, 0.15) is 36.3 Å². The quantitative estimate of drug-likeness (QED) is 0.422. The van der Waals surface area contributed by atoms with Gasteiger partial charge < -0.3 is 14.8 Å². The summed E-state index contributed by atoms with van der Waals surface area (Å²) < 4.78 is 12.4. The molecule has 2 aliphatic heterocycles. The zero-order valence-corrected chi connectivity index (χ0v) is 21.7. The molecule has 2 aliphatic rings. The number of hydrogen-bond acceptors (Lipinski definition) is 7. The van der Waals surface area contributed by atoms with Crippen molar-refractivity contribution in [1.29, 1.82) is 0 Å².